The summed E-state index contributed by atoms with van der Waals surface area (Å²) in [5.74, 6) is 0.284. The van der Waals surface area contributed by atoms with E-state index in [9.17, 15) is 9.59 Å². The molecule has 1 atom stereocenters. The number of aryl methyl sites for hydroxylation is 1. The highest BCUT2D eigenvalue weighted by atomic mass is 16.2. The highest BCUT2D eigenvalue weighted by Gasteiger charge is 2.50. The van der Waals surface area contributed by atoms with Gasteiger partial charge in [0.15, 0.2) is 0 Å². The zero-order valence-corrected chi connectivity index (χ0v) is 12.8. The summed E-state index contributed by atoms with van der Waals surface area (Å²) < 4.78 is 1.83. The summed E-state index contributed by atoms with van der Waals surface area (Å²) in [4.78, 5) is 26.8. The predicted octanol–water partition coefficient (Wildman–Crippen LogP) is 0.919. The number of nitrogens with one attached hydrogen (secondary N) is 1. The van der Waals surface area contributed by atoms with Gasteiger partial charge in [0.05, 0.1) is 6.20 Å². The van der Waals surface area contributed by atoms with Crippen molar-refractivity contribution in [3.8, 4) is 0 Å². The van der Waals surface area contributed by atoms with Crippen molar-refractivity contribution in [3.05, 3.63) is 18.0 Å². The van der Waals surface area contributed by atoms with E-state index < -0.39 is 5.54 Å². The molecule has 1 aromatic heterocycles. The first-order valence-electron chi connectivity index (χ1n) is 7.57. The number of hydrogen-bond acceptors (Lipinski definition) is 3. The first-order valence-corrected chi connectivity index (χ1v) is 7.57. The highest BCUT2D eigenvalue weighted by molar-refractivity contribution is 5.99. The van der Waals surface area contributed by atoms with E-state index in [1.807, 2.05) is 17.8 Å². The standard InChI is InChI=1S/C15H22N4O2/c1-4-18-8-10(7-16-18)9-19-13(20)12(11-5-6-11)17-14(21)15(19,2)3/h7-8,11-12H,4-6,9H2,1-3H3,(H,17,21). The maximum Gasteiger partial charge on any atom is 0.246 e. The topological polar surface area (TPSA) is 67.2 Å². The first-order chi connectivity index (χ1) is 9.93. The molecule has 1 saturated carbocycles. The molecule has 1 aliphatic carbocycles. The molecule has 21 heavy (non-hydrogen) atoms. The molecule has 1 saturated heterocycles. The largest absolute Gasteiger partial charge is 0.342 e. The van der Waals surface area contributed by atoms with Crippen LogP contribution in [0.3, 0.4) is 0 Å². The fraction of sp³-hybridized carbons (Fsp3) is 0.667. The van der Waals surface area contributed by atoms with Crippen LogP contribution in [0.5, 0.6) is 0 Å². The molecule has 6 nitrogen and oxygen atoms in total. The van der Waals surface area contributed by atoms with Gasteiger partial charge >= 0.3 is 0 Å². The Balaban J connectivity index is 1.84. The van der Waals surface area contributed by atoms with E-state index in [1.54, 1.807) is 24.9 Å². The van der Waals surface area contributed by atoms with Crippen LogP contribution in [0, 0.1) is 5.92 Å². The lowest BCUT2D eigenvalue weighted by molar-refractivity contribution is -0.156. The molecule has 0 bridgehead atoms. The number of carbonyl (C=O) groups excluding carboxylic acids is 2. The molecule has 1 unspecified atom stereocenters. The van der Waals surface area contributed by atoms with E-state index in [-0.39, 0.29) is 17.9 Å². The maximum absolute atomic E-state index is 12.7. The summed E-state index contributed by atoms with van der Waals surface area (Å²) in [7, 11) is 0. The third-order valence-corrected chi connectivity index (χ3v) is 4.49. The predicted molar refractivity (Wildman–Crippen MR) is 77.2 cm³/mol. The molecule has 0 spiro atoms. The zero-order chi connectivity index (χ0) is 15.2. The summed E-state index contributed by atoms with van der Waals surface area (Å²) in [6, 6.07) is -0.341. The van der Waals surface area contributed by atoms with E-state index >= 15 is 0 Å². The van der Waals surface area contributed by atoms with Crippen molar-refractivity contribution in [2.45, 2.75) is 58.3 Å². The summed E-state index contributed by atoms with van der Waals surface area (Å²) in [5, 5.41) is 7.14. The molecule has 1 aromatic rings. The second-order valence-electron chi connectivity index (χ2n) is 6.48. The smallest absolute Gasteiger partial charge is 0.246 e. The second kappa shape index (κ2) is 4.86. The average molecular weight is 290 g/mol. The molecule has 1 aliphatic heterocycles. The molecule has 2 aliphatic rings. The van der Waals surface area contributed by atoms with Gasteiger partial charge in [-0.05, 0) is 39.5 Å². The molecule has 2 heterocycles. The minimum absolute atomic E-state index is 0.0337. The molecule has 114 valence electrons. The summed E-state index contributed by atoms with van der Waals surface area (Å²) >= 11 is 0. The van der Waals surface area contributed by atoms with Crippen LogP contribution in [-0.2, 0) is 22.7 Å². The molecule has 3 rings (SSSR count). The number of aromatic nitrogens is 2. The van der Waals surface area contributed by atoms with Crippen molar-refractivity contribution >= 4 is 11.8 Å². The Hall–Kier alpha value is -1.85. The number of piperazine rings is 1. The minimum Gasteiger partial charge on any atom is -0.342 e. The zero-order valence-electron chi connectivity index (χ0n) is 12.8. The number of nitrogens with zero attached hydrogens (tertiary/aromatic N) is 3. The lowest BCUT2D eigenvalue weighted by Crippen LogP contribution is -2.68. The van der Waals surface area contributed by atoms with E-state index in [0.29, 0.717) is 12.5 Å². The van der Waals surface area contributed by atoms with Gasteiger partial charge in [0, 0.05) is 24.8 Å². The summed E-state index contributed by atoms with van der Waals surface area (Å²) in [6.07, 6.45) is 5.75. The SMILES string of the molecule is CCn1cc(CN2C(=O)C(C3CC3)NC(=O)C2(C)C)cn1. The van der Waals surface area contributed by atoms with E-state index in [2.05, 4.69) is 10.4 Å². The molecule has 2 amide bonds. The fourth-order valence-electron chi connectivity index (χ4n) is 2.81. The Kier molecular flexibility index (Phi) is 3.26. The van der Waals surface area contributed by atoms with Gasteiger partial charge in [-0.2, -0.15) is 5.10 Å². The van der Waals surface area contributed by atoms with Crippen LogP contribution < -0.4 is 5.32 Å². The van der Waals surface area contributed by atoms with Gasteiger partial charge in [0.2, 0.25) is 11.8 Å². The maximum atomic E-state index is 12.7. The highest BCUT2D eigenvalue weighted by Crippen LogP contribution is 2.37. The van der Waals surface area contributed by atoms with Gasteiger partial charge < -0.3 is 10.2 Å². The second-order valence-corrected chi connectivity index (χ2v) is 6.48. The van der Waals surface area contributed by atoms with Crippen LogP contribution in [0.4, 0.5) is 0 Å². The van der Waals surface area contributed by atoms with Crippen molar-refractivity contribution < 1.29 is 9.59 Å². The van der Waals surface area contributed by atoms with Gasteiger partial charge in [-0.3, -0.25) is 14.3 Å². The van der Waals surface area contributed by atoms with Gasteiger partial charge in [-0.1, -0.05) is 0 Å². The summed E-state index contributed by atoms with van der Waals surface area (Å²) in [5.41, 5.74) is 0.138. The Bertz CT molecular complexity index is 574. The van der Waals surface area contributed by atoms with E-state index in [0.717, 1.165) is 24.9 Å². The van der Waals surface area contributed by atoms with E-state index in [4.69, 9.17) is 0 Å². The third kappa shape index (κ3) is 2.43. The Labute approximate surface area is 124 Å². The first kappa shape index (κ1) is 14.1. The van der Waals surface area contributed by atoms with Gasteiger partial charge in [-0.15, -0.1) is 0 Å². The van der Waals surface area contributed by atoms with Crippen molar-refractivity contribution in [3.63, 3.8) is 0 Å². The van der Waals surface area contributed by atoms with Crippen LogP contribution in [0.25, 0.3) is 0 Å². The molecule has 0 radical (unpaired) electrons. The van der Waals surface area contributed by atoms with Crippen molar-refractivity contribution in [1.29, 1.82) is 0 Å². The number of hydrogen-bond donors (Lipinski definition) is 1. The Morgan fingerprint density at radius 3 is 2.67 bits per heavy atom. The molecule has 0 aromatic carbocycles. The Morgan fingerprint density at radius 1 is 1.38 bits per heavy atom. The summed E-state index contributed by atoms with van der Waals surface area (Å²) in [6.45, 7) is 6.84. The number of amides is 2. The van der Waals surface area contributed by atoms with Gasteiger partial charge in [0.25, 0.3) is 0 Å². The monoisotopic (exact) mass is 290 g/mol. The normalized spacial score (nSPS) is 25.1. The van der Waals surface area contributed by atoms with Crippen LogP contribution >= 0.6 is 0 Å². The van der Waals surface area contributed by atoms with Crippen molar-refractivity contribution in [1.82, 2.24) is 20.0 Å². The van der Waals surface area contributed by atoms with Crippen LogP contribution in [0.1, 0.15) is 39.2 Å². The molecule has 1 N–H and O–H groups in total. The van der Waals surface area contributed by atoms with Crippen LogP contribution in [0.2, 0.25) is 0 Å². The molecule has 2 fully saturated rings. The molecule has 6 heteroatoms. The molecular formula is C15H22N4O2. The lowest BCUT2D eigenvalue weighted by Gasteiger charge is -2.44. The van der Waals surface area contributed by atoms with Gasteiger partial charge in [-0.25, -0.2) is 0 Å². The van der Waals surface area contributed by atoms with Gasteiger partial charge in [0.1, 0.15) is 11.6 Å². The lowest BCUT2D eigenvalue weighted by atomic mass is 9.93. The number of rotatable bonds is 4. The van der Waals surface area contributed by atoms with Crippen molar-refractivity contribution in [2.24, 2.45) is 5.92 Å². The fourth-order valence-corrected chi connectivity index (χ4v) is 2.81. The van der Waals surface area contributed by atoms with E-state index in [1.165, 1.54) is 0 Å². The number of carbonyl (C=O) groups is 2. The third-order valence-electron chi connectivity index (χ3n) is 4.49. The van der Waals surface area contributed by atoms with Crippen LogP contribution in [-0.4, -0.2) is 38.1 Å². The quantitative estimate of drug-likeness (QED) is 0.896. The van der Waals surface area contributed by atoms with Crippen LogP contribution in [0.15, 0.2) is 12.4 Å². The minimum atomic E-state index is -0.823. The average Bonchev–Trinajstić information content (AvgIpc) is 3.18. The molecular weight excluding hydrogens is 268 g/mol. The Morgan fingerprint density at radius 2 is 2.10 bits per heavy atom. The van der Waals surface area contributed by atoms with Crippen molar-refractivity contribution in [2.75, 3.05) is 0 Å².